The lowest BCUT2D eigenvalue weighted by molar-refractivity contribution is -0.00922. The molecule has 2 aromatic carbocycles. The molecule has 1 amide bonds. The number of morpholine rings is 1. The first-order valence-corrected chi connectivity index (χ1v) is 11.1. The number of aromatic nitrogens is 1. The second kappa shape index (κ2) is 9.08. The van der Waals surface area contributed by atoms with Gasteiger partial charge < -0.3 is 10.1 Å². The van der Waals surface area contributed by atoms with Crippen LogP contribution in [0.15, 0.2) is 60.7 Å². The van der Waals surface area contributed by atoms with Gasteiger partial charge in [-0.2, -0.15) is 0 Å². The second-order valence-corrected chi connectivity index (χ2v) is 9.02. The number of nitrogens with one attached hydrogen (secondary N) is 1. The van der Waals surface area contributed by atoms with E-state index >= 15 is 0 Å². The van der Waals surface area contributed by atoms with E-state index in [9.17, 15) is 4.79 Å². The van der Waals surface area contributed by atoms with Crippen LogP contribution in [0, 0.1) is 0 Å². The maximum absolute atomic E-state index is 13.2. The Morgan fingerprint density at radius 2 is 1.63 bits per heavy atom. The van der Waals surface area contributed by atoms with E-state index in [0.29, 0.717) is 11.4 Å². The Morgan fingerprint density at radius 1 is 1.03 bits per heavy atom. The summed E-state index contributed by atoms with van der Waals surface area (Å²) in [5.74, 6) is -0.0742. The van der Waals surface area contributed by atoms with Gasteiger partial charge in [-0.3, -0.25) is 9.69 Å². The van der Waals surface area contributed by atoms with Gasteiger partial charge in [-0.1, -0.05) is 60.7 Å². The van der Waals surface area contributed by atoms with E-state index in [1.54, 1.807) is 0 Å². The number of carbonyl (C=O) groups excluding carboxylic acids is 1. The number of carbonyl (C=O) groups is 1. The highest BCUT2D eigenvalue weighted by atomic mass is 32.1. The zero-order chi connectivity index (χ0) is 21.0. The molecule has 1 aliphatic heterocycles. The molecule has 0 spiro atoms. The molecule has 1 fully saturated rings. The highest BCUT2D eigenvalue weighted by Gasteiger charge is 2.29. The zero-order valence-corrected chi connectivity index (χ0v) is 18.2. The van der Waals surface area contributed by atoms with E-state index < -0.39 is 0 Å². The number of rotatable bonds is 6. The lowest BCUT2D eigenvalue weighted by Gasteiger charge is -2.40. The van der Waals surface area contributed by atoms with Gasteiger partial charge in [0.1, 0.15) is 9.88 Å². The molecule has 3 aromatic rings. The quantitative estimate of drug-likeness (QED) is 0.644. The molecule has 2 heterocycles. The Morgan fingerprint density at radius 3 is 2.27 bits per heavy atom. The highest BCUT2D eigenvalue weighted by Crippen LogP contribution is 2.34. The van der Waals surface area contributed by atoms with Crippen LogP contribution in [0.4, 0.5) is 0 Å². The monoisotopic (exact) mass is 421 g/mol. The summed E-state index contributed by atoms with van der Waals surface area (Å²) in [5.41, 5.74) is 2.57. The molecule has 4 rings (SSSR count). The number of ether oxygens (including phenoxy) is 1. The fourth-order valence-corrected chi connectivity index (χ4v) is 4.64. The molecule has 5 nitrogen and oxygen atoms in total. The SMILES string of the molecule is CC(C)(CNC(=O)c1sc(-c2ccccc2)nc1-c1ccccc1)N1CCOCC1. The van der Waals surface area contributed by atoms with Crippen molar-refractivity contribution in [3.63, 3.8) is 0 Å². The highest BCUT2D eigenvalue weighted by molar-refractivity contribution is 7.17. The first-order chi connectivity index (χ1) is 14.5. The number of hydrogen-bond donors (Lipinski definition) is 1. The number of amides is 1. The summed E-state index contributed by atoms with van der Waals surface area (Å²) in [6.07, 6.45) is 0. The molecule has 0 aliphatic carbocycles. The predicted molar refractivity (Wildman–Crippen MR) is 122 cm³/mol. The maximum Gasteiger partial charge on any atom is 0.263 e. The van der Waals surface area contributed by atoms with E-state index in [1.807, 2.05) is 60.7 Å². The van der Waals surface area contributed by atoms with Gasteiger partial charge in [0.25, 0.3) is 5.91 Å². The minimum Gasteiger partial charge on any atom is -0.379 e. The molecule has 1 saturated heterocycles. The van der Waals surface area contributed by atoms with Gasteiger partial charge >= 0.3 is 0 Å². The van der Waals surface area contributed by atoms with Crippen molar-refractivity contribution in [1.82, 2.24) is 15.2 Å². The largest absolute Gasteiger partial charge is 0.379 e. The Kier molecular flexibility index (Phi) is 6.27. The Labute approximate surface area is 181 Å². The first-order valence-electron chi connectivity index (χ1n) is 10.3. The molecule has 30 heavy (non-hydrogen) atoms. The lowest BCUT2D eigenvalue weighted by Crippen LogP contribution is -2.55. The van der Waals surface area contributed by atoms with Gasteiger partial charge in [-0.25, -0.2) is 4.98 Å². The first kappa shape index (κ1) is 20.7. The van der Waals surface area contributed by atoms with Crippen molar-refractivity contribution >= 4 is 17.2 Å². The summed E-state index contributed by atoms with van der Waals surface area (Å²) in [4.78, 5) is 21.1. The van der Waals surface area contributed by atoms with Crippen molar-refractivity contribution in [3.05, 3.63) is 65.5 Å². The topological polar surface area (TPSA) is 54.5 Å². The summed E-state index contributed by atoms with van der Waals surface area (Å²) >= 11 is 1.44. The van der Waals surface area contributed by atoms with Gasteiger partial charge in [-0.05, 0) is 13.8 Å². The molecule has 0 atom stereocenters. The second-order valence-electron chi connectivity index (χ2n) is 8.02. The smallest absolute Gasteiger partial charge is 0.263 e. The van der Waals surface area contributed by atoms with Crippen molar-refractivity contribution < 1.29 is 9.53 Å². The van der Waals surface area contributed by atoms with Crippen molar-refractivity contribution in [2.75, 3.05) is 32.8 Å². The summed E-state index contributed by atoms with van der Waals surface area (Å²) in [7, 11) is 0. The third-order valence-electron chi connectivity index (χ3n) is 5.45. The molecule has 6 heteroatoms. The van der Waals surface area contributed by atoms with Crippen LogP contribution in [-0.2, 0) is 4.74 Å². The average molecular weight is 422 g/mol. The maximum atomic E-state index is 13.2. The third-order valence-corrected chi connectivity index (χ3v) is 6.55. The van der Waals surface area contributed by atoms with Crippen LogP contribution >= 0.6 is 11.3 Å². The van der Waals surface area contributed by atoms with E-state index in [4.69, 9.17) is 9.72 Å². The molecule has 0 radical (unpaired) electrons. The van der Waals surface area contributed by atoms with Crippen molar-refractivity contribution in [3.8, 4) is 21.8 Å². The number of nitrogens with zero attached hydrogens (tertiary/aromatic N) is 2. The standard InChI is InChI=1S/C24H27N3O2S/c1-24(2,27-13-15-29-16-14-27)17-25-22(28)21-20(18-9-5-3-6-10-18)26-23(30-21)19-11-7-4-8-12-19/h3-12H,13-17H2,1-2H3,(H,25,28). The number of hydrogen-bond acceptors (Lipinski definition) is 5. The van der Waals surface area contributed by atoms with Crippen molar-refractivity contribution in [1.29, 1.82) is 0 Å². The summed E-state index contributed by atoms with van der Waals surface area (Å²) in [5, 5.41) is 4.01. The van der Waals surface area contributed by atoms with Gasteiger partial charge in [-0.15, -0.1) is 11.3 Å². The molecule has 1 aromatic heterocycles. The van der Waals surface area contributed by atoms with Crippen LogP contribution in [0.2, 0.25) is 0 Å². The molecule has 1 aliphatic rings. The van der Waals surface area contributed by atoms with Gasteiger partial charge in [0.15, 0.2) is 0 Å². The Bertz CT molecular complexity index is 980. The van der Waals surface area contributed by atoms with Crippen molar-refractivity contribution in [2.45, 2.75) is 19.4 Å². The average Bonchev–Trinajstić information content (AvgIpc) is 3.25. The number of benzene rings is 2. The molecule has 156 valence electrons. The predicted octanol–water partition coefficient (Wildman–Crippen LogP) is 4.32. The van der Waals surface area contributed by atoms with Crippen molar-refractivity contribution in [2.24, 2.45) is 0 Å². The molecule has 0 saturated carbocycles. The number of thiazole rings is 1. The minimum atomic E-state index is -0.140. The van der Waals surface area contributed by atoms with Gasteiger partial charge in [0, 0.05) is 36.3 Å². The summed E-state index contributed by atoms with van der Waals surface area (Å²) in [6, 6.07) is 19.9. The molecular formula is C24H27N3O2S. The summed E-state index contributed by atoms with van der Waals surface area (Å²) in [6.45, 7) is 8.15. The molecule has 0 unspecified atom stereocenters. The van der Waals surface area contributed by atoms with Gasteiger partial charge in [0.05, 0.1) is 18.9 Å². The summed E-state index contributed by atoms with van der Waals surface area (Å²) < 4.78 is 5.46. The van der Waals surface area contributed by atoms with Gasteiger partial charge in [0.2, 0.25) is 0 Å². The lowest BCUT2D eigenvalue weighted by atomic mass is 10.0. The van der Waals surface area contributed by atoms with Crippen LogP contribution in [-0.4, -0.2) is 54.2 Å². The minimum absolute atomic E-state index is 0.0742. The fraction of sp³-hybridized carbons (Fsp3) is 0.333. The Hall–Kier alpha value is -2.54. The van der Waals surface area contributed by atoms with Crippen LogP contribution in [0.5, 0.6) is 0 Å². The molecule has 1 N–H and O–H groups in total. The third kappa shape index (κ3) is 4.61. The van der Waals surface area contributed by atoms with Crippen LogP contribution < -0.4 is 5.32 Å². The Balaban J connectivity index is 1.58. The van der Waals surface area contributed by atoms with Crippen LogP contribution in [0.1, 0.15) is 23.5 Å². The molecule has 0 bridgehead atoms. The van der Waals surface area contributed by atoms with E-state index in [0.717, 1.165) is 48.1 Å². The van der Waals surface area contributed by atoms with E-state index in [1.165, 1.54) is 11.3 Å². The molecular weight excluding hydrogens is 394 g/mol. The fourth-order valence-electron chi connectivity index (χ4n) is 3.63. The van der Waals surface area contributed by atoms with E-state index in [-0.39, 0.29) is 11.4 Å². The normalized spacial score (nSPS) is 15.1. The zero-order valence-electron chi connectivity index (χ0n) is 17.4. The van der Waals surface area contributed by atoms with Crippen LogP contribution in [0.25, 0.3) is 21.8 Å². The van der Waals surface area contributed by atoms with Crippen LogP contribution in [0.3, 0.4) is 0 Å². The van der Waals surface area contributed by atoms with E-state index in [2.05, 4.69) is 24.1 Å².